The molecule has 7 nitrogen and oxygen atoms in total. The number of carboxylic acids is 1. The van der Waals surface area contributed by atoms with E-state index in [2.05, 4.69) is 10.1 Å². The SMILES string of the molecule is O=C1N=C(N2CCCC2C(=O)O)SC1=Cc1ccc2c(cnn2Cc2ccc(Cl)cc2C(F)(F)F)c1. The lowest BCUT2D eigenvalue weighted by atomic mass is 10.1. The van der Waals surface area contributed by atoms with Crippen LogP contribution in [0.3, 0.4) is 0 Å². The smallest absolute Gasteiger partial charge is 0.416 e. The van der Waals surface area contributed by atoms with Gasteiger partial charge in [-0.15, -0.1) is 0 Å². The van der Waals surface area contributed by atoms with Gasteiger partial charge in [0.05, 0.1) is 28.7 Å². The molecule has 0 aliphatic carbocycles. The number of carbonyl (C=O) groups is 2. The normalized spacial score (nSPS) is 19.5. The molecule has 1 unspecified atom stereocenters. The third-order valence-corrected chi connectivity index (χ3v) is 7.31. The summed E-state index contributed by atoms with van der Waals surface area (Å²) >= 11 is 6.91. The van der Waals surface area contributed by atoms with Crippen LogP contribution >= 0.6 is 23.4 Å². The molecule has 1 aromatic heterocycles. The summed E-state index contributed by atoms with van der Waals surface area (Å²) in [6.45, 7) is 0.431. The predicted molar refractivity (Wildman–Crippen MR) is 131 cm³/mol. The van der Waals surface area contributed by atoms with Gasteiger partial charge in [-0.2, -0.15) is 23.3 Å². The van der Waals surface area contributed by atoms with Crippen molar-refractivity contribution < 1.29 is 27.9 Å². The fourth-order valence-electron chi connectivity index (χ4n) is 4.36. The van der Waals surface area contributed by atoms with Crippen LogP contribution in [0.5, 0.6) is 0 Å². The fourth-order valence-corrected chi connectivity index (χ4v) is 5.52. The van der Waals surface area contributed by atoms with Crippen LogP contribution in [-0.2, 0) is 22.3 Å². The molecule has 0 radical (unpaired) electrons. The summed E-state index contributed by atoms with van der Waals surface area (Å²) in [5.41, 5.74) is 0.551. The van der Waals surface area contributed by atoms with Gasteiger partial charge >= 0.3 is 12.1 Å². The number of likely N-dealkylation sites (tertiary alicyclic amines) is 1. The molecule has 5 rings (SSSR count). The Morgan fingerprint density at radius 3 is 2.81 bits per heavy atom. The monoisotopic (exact) mass is 534 g/mol. The Bertz CT molecular complexity index is 1450. The van der Waals surface area contributed by atoms with E-state index in [1.807, 2.05) is 0 Å². The number of aliphatic carboxylic acids is 1. The number of carbonyl (C=O) groups excluding carboxylic acids is 1. The Labute approximate surface area is 212 Å². The van der Waals surface area contributed by atoms with Crippen molar-refractivity contribution in [3.63, 3.8) is 0 Å². The van der Waals surface area contributed by atoms with Crippen LogP contribution < -0.4 is 0 Å². The first-order chi connectivity index (χ1) is 17.1. The second-order valence-corrected chi connectivity index (χ2v) is 9.87. The molecule has 1 amide bonds. The number of amides is 1. The van der Waals surface area contributed by atoms with Crippen LogP contribution in [0, 0.1) is 0 Å². The van der Waals surface area contributed by atoms with Crippen molar-refractivity contribution in [2.24, 2.45) is 4.99 Å². The predicted octanol–water partition coefficient (Wildman–Crippen LogP) is 5.28. The number of amidine groups is 1. The van der Waals surface area contributed by atoms with E-state index < -0.39 is 29.7 Å². The van der Waals surface area contributed by atoms with Gasteiger partial charge in [-0.1, -0.05) is 23.7 Å². The Kier molecular flexibility index (Phi) is 6.29. The van der Waals surface area contributed by atoms with Gasteiger partial charge in [-0.25, -0.2) is 4.79 Å². The van der Waals surface area contributed by atoms with E-state index in [1.54, 1.807) is 35.4 Å². The maximum absolute atomic E-state index is 13.5. The Balaban J connectivity index is 1.37. The minimum Gasteiger partial charge on any atom is -0.480 e. The van der Waals surface area contributed by atoms with E-state index in [-0.39, 0.29) is 17.1 Å². The van der Waals surface area contributed by atoms with Gasteiger partial charge in [-0.05, 0) is 66.1 Å². The Morgan fingerprint density at radius 1 is 1.25 bits per heavy atom. The number of hydrogen-bond acceptors (Lipinski definition) is 5. The summed E-state index contributed by atoms with van der Waals surface area (Å²) in [4.78, 5) is 30.0. The molecule has 2 aliphatic rings. The summed E-state index contributed by atoms with van der Waals surface area (Å²) in [5, 5.41) is 14.7. The average molecular weight is 535 g/mol. The average Bonchev–Trinajstić information content (AvgIpc) is 3.53. The number of thioether (sulfide) groups is 1. The number of alkyl halides is 3. The minimum atomic E-state index is -4.55. The molecule has 36 heavy (non-hydrogen) atoms. The summed E-state index contributed by atoms with van der Waals surface area (Å²) < 4.78 is 41.9. The molecule has 0 bridgehead atoms. The molecule has 2 aliphatic heterocycles. The number of carboxylic acid groups (broad SMARTS) is 1. The molecule has 3 heterocycles. The van der Waals surface area contributed by atoms with Crippen molar-refractivity contribution in [2.75, 3.05) is 6.54 Å². The van der Waals surface area contributed by atoms with Crippen LogP contribution in [0.4, 0.5) is 13.2 Å². The van der Waals surface area contributed by atoms with E-state index >= 15 is 0 Å². The number of aromatic nitrogens is 2. The van der Waals surface area contributed by atoms with Crippen molar-refractivity contribution in [1.82, 2.24) is 14.7 Å². The highest BCUT2D eigenvalue weighted by molar-refractivity contribution is 8.18. The lowest BCUT2D eigenvalue weighted by Gasteiger charge is -2.21. The van der Waals surface area contributed by atoms with Gasteiger partial charge in [0.25, 0.3) is 5.91 Å². The molecular weight excluding hydrogens is 517 g/mol. The largest absolute Gasteiger partial charge is 0.480 e. The molecule has 1 fully saturated rings. The minimum absolute atomic E-state index is 0.00348. The molecule has 0 saturated carbocycles. The van der Waals surface area contributed by atoms with Gasteiger partial charge in [0, 0.05) is 17.0 Å². The van der Waals surface area contributed by atoms with Crippen molar-refractivity contribution >= 4 is 57.4 Å². The van der Waals surface area contributed by atoms with E-state index in [0.29, 0.717) is 45.9 Å². The van der Waals surface area contributed by atoms with Crippen molar-refractivity contribution in [3.05, 3.63) is 69.2 Å². The van der Waals surface area contributed by atoms with Gasteiger partial charge in [0.1, 0.15) is 6.04 Å². The van der Waals surface area contributed by atoms with Gasteiger partial charge < -0.3 is 10.0 Å². The maximum atomic E-state index is 13.5. The first-order valence-electron chi connectivity index (χ1n) is 10.9. The number of fused-ring (bicyclic) bond motifs is 1. The lowest BCUT2D eigenvalue weighted by Crippen LogP contribution is -2.38. The quantitative estimate of drug-likeness (QED) is 0.458. The van der Waals surface area contributed by atoms with Crippen LogP contribution in [0.1, 0.15) is 29.5 Å². The van der Waals surface area contributed by atoms with Crippen LogP contribution in [0.25, 0.3) is 17.0 Å². The van der Waals surface area contributed by atoms with Gasteiger partial charge in [-0.3, -0.25) is 9.48 Å². The second-order valence-electron chi connectivity index (χ2n) is 8.42. The van der Waals surface area contributed by atoms with Crippen molar-refractivity contribution in [2.45, 2.75) is 31.6 Å². The summed E-state index contributed by atoms with van der Waals surface area (Å²) in [7, 11) is 0. The Hall–Kier alpha value is -3.31. The van der Waals surface area contributed by atoms with Crippen LogP contribution in [-0.4, -0.2) is 49.4 Å². The molecule has 186 valence electrons. The molecule has 0 spiro atoms. The lowest BCUT2D eigenvalue weighted by molar-refractivity contribution is -0.141. The molecule has 1 N–H and O–H groups in total. The van der Waals surface area contributed by atoms with Crippen molar-refractivity contribution in [3.8, 4) is 0 Å². The summed E-state index contributed by atoms with van der Waals surface area (Å²) in [6, 6.07) is 8.21. The van der Waals surface area contributed by atoms with E-state index in [1.165, 1.54) is 16.8 Å². The first kappa shape index (κ1) is 24.4. The number of aliphatic imine (C=N–C) groups is 1. The standard InChI is InChI=1S/C24H18ClF3N4O3S/c25-16-5-4-14(17(10-16)24(26,27)28)12-32-18-6-3-13(8-15(18)11-29-32)9-20-21(33)30-23(36-20)31-7-1-2-19(31)22(34)35/h3-6,8-11,19H,1-2,7,12H2,(H,34,35). The molecule has 1 saturated heterocycles. The van der Waals surface area contributed by atoms with E-state index in [4.69, 9.17) is 11.6 Å². The highest BCUT2D eigenvalue weighted by atomic mass is 35.5. The second kappa shape index (κ2) is 9.29. The number of hydrogen-bond donors (Lipinski definition) is 1. The number of benzene rings is 2. The van der Waals surface area contributed by atoms with Gasteiger partial charge in [0.2, 0.25) is 0 Å². The van der Waals surface area contributed by atoms with E-state index in [0.717, 1.165) is 17.8 Å². The van der Waals surface area contributed by atoms with Crippen LogP contribution in [0.2, 0.25) is 5.02 Å². The molecule has 12 heteroatoms. The fraction of sp³-hybridized carbons (Fsp3) is 0.250. The number of nitrogens with zero attached hydrogens (tertiary/aromatic N) is 4. The number of halogens is 4. The zero-order valence-corrected chi connectivity index (χ0v) is 20.1. The van der Waals surface area contributed by atoms with Crippen LogP contribution in [0.15, 0.2) is 52.5 Å². The topological polar surface area (TPSA) is 87.8 Å². The molecule has 2 aromatic carbocycles. The molecular formula is C24H18ClF3N4O3S. The van der Waals surface area contributed by atoms with E-state index in [9.17, 15) is 27.9 Å². The maximum Gasteiger partial charge on any atom is 0.416 e. The highest BCUT2D eigenvalue weighted by Gasteiger charge is 2.37. The summed E-state index contributed by atoms with van der Waals surface area (Å²) in [5.74, 6) is -1.38. The highest BCUT2D eigenvalue weighted by Crippen LogP contribution is 2.36. The molecule has 1 atom stereocenters. The third kappa shape index (κ3) is 4.72. The molecule has 3 aromatic rings. The number of rotatable bonds is 4. The van der Waals surface area contributed by atoms with Crippen molar-refractivity contribution in [1.29, 1.82) is 0 Å². The first-order valence-corrected chi connectivity index (χ1v) is 12.1. The zero-order valence-electron chi connectivity index (χ0n) is 18.5. The summed E-state index contributed by atoms with van der Waals surface area (Å²) in [6.07, 6.45) is -0.121. The Morgan fingerprint density at radius 2 is 2.06 bits per heavy atom. The zero-order chi connectivity index (χ0) is 25.6. The van der Waals surface area contributed by atoms with Gasteiger partial charge in [0.15, 0.2) is 5.17 Å². The third-order valence-electron chi connectivity index (χ3n) is 6.05.